The van der Waals surface area contributed by atoms with Crippen LogP contribution in [0, 0.1) is 0 Å². The number of hydrogen-bond donors (Lipinski definition) is 1. The van der Waals surface area contributed by atoms with Crippen LogP contribution in [0.1, 0.15) is 11.3 Å². The van der Waals surface area contributed by atoms with Crippen molar-refractivity contribution in [2.24, 2.45) is 0 Å². The largest absolute Gasteiger partial charge is 0.392 e. The molecular weight excluding hydrogens is 298 g/mol. The Morgan fingerprint density at radius 1 is 1.12 bits per heavy atom. The molecule has 1 N–H and O–H groups in total. The number of rotatable bonds is 4. The first kappa shape index (κ1) is 12.6. The summed E-state index contributed by atoms with van der Waals surface area (Å²) in [5, 5.41) is 8.94. The van der Waals surface area contributed by atoms with E-state index in [0.717, 1.165) is 21.5 Å². The lowest BCUT2D eigenvalue weighted by molar-refractivity contribution is 0.282. The molecule has 0 amide bonds. The molecule has 1 aromatic carbocycles. The van der Waals surface area contributed by atoms with Crippen molar-refractivity contribution < 1.29 is 5.11 Å². The summed E-state index contributed by atoms with van der Waals surface area (Å²) in [6, 6.07) is 11.9. The van der Waals surface area contributed by atoms with Crippen molar-refractivity contribution in [3.05, 3.63) is 58.3 Å². The Morgan fingerprint density at radius 3 is 2.47 bits per heavy atom. The monoisotopic (exact) mass is 309 g/mol. The number of nitrogens with zero attached hydrogens (tertiary/aromatic N) is 1. The van der Waals surface area contributed by atoms with Gasteiger partial charge in [-0.05, 0) is 45.8 Å². The Morgan fingerprint density at radius 2 is 1.88 bits per heavy atom. The number of aliphatic hydroxyl groups excluding tert-OH is 1. The molecule has 2 aromatic rings. The zero-order chi connectivity index (χ0) is 12.1. The molecule has 0 unspecified atom stereocenters. The highest BCUT2D eigenvalue weighted by Gasteiger charge is 1.98. The standard InChI is InChI=1S/C13H12BrNOS/c14-11-3-4-12(15-7-11)9-17-13-5-1-10(8-16)2-6-13/h1-7,16H,8-9H2. The van der Waals surface area contributed by atoms with E-state index < -0.39 is 0 Å². The maximum atomic E-state index is 8.94. The topological polar surface area (TPSA) is 33.1 Å². The van der Waals surface area contributed by atoms with E-state index in [0.29, 0.717) is 0 Å². The predicted octanol–water partition coefficient (Wildman–Crippen LogP) is 3.63. The van der Waals surface area contributed by atoms with Gasteiger partial charge in [-0.3, -0.25) is 4.98 Å². The lowest BCUT2D eigenvalue weighted by Gasteiger charge is -2.02. The van der Waals surface area contributed by atoms with Crippen molar-refractivity contribution in [1.29, 1.82) is 0 Å². The lowest BCUT2D eigenvalue weighted by atomic mass is 10.2. The molecule has 0 radical (unpaired) electrons. The van der Waals surface area contributed by atoms with Gasteiger partial charge in [0.1, 0.15) is 0 Å². The molecule has 1 aromatic heterocycles. The highest BCUT2D eigenvalue weighted by atomic mass is 79.9. The molecule has 0 spiro atoms. The molecule has 0 saturated carbocycles. The molecule has 0 fully saturated rings. The number of benzene rings is 1. The van der Waals surface area contributed by atoms with E-state index in [9.17, 15) is 0 Å². The van der Waals surface area contributed by atoms with Gasteiger partial charge in [0.2, 0.25) is 0 Å². The molecule has 0 aliphatic rings. The average molecular weight is 310 g/mol. The minimum atomic E-state index is 0.0964. The second-order valence-electron chi connectivity index (χ2n) is 3.56. The molecule has 0 saturated heterocycles. The maximum absolute atomic E-state index is 8.94. The Labute approximate surface area is 113 Å². The third-order valence-electron chi connectivity index (χ3n) is 2.28. The van der Waals surface area contributed by atoms with Crippen LogP contribution in [0.15, 0.2) is 52.0 Å². The molecule has 0 aliphatic carbocycles. The fourth-order valence-corrected chi connectivity index (χ4v) is 2.39. The van der Waals surface area contributed by atoms with Gasteiger partial charge in [-0.1, -0.05) is 12.1 Å². The summed E-state index contributed by atoms with van der Waals surface area (Å²) in [5.41, 5.74) is 2.00. The summed E-state index contributed by atoms with van der Waals surface area (Å²) in [4.78, 5) is 5.51. The maximum Gasteiger partial charge on any atom is 0.0681 e. The smallest absolute Gasteiger partial charge is 0.0681 e. The van der Waals surface area contributed by atoms with Crippen molar-refractivity contribution in [2.75, 3.05) is 0 Å². The van der Waals surface area contributed by atoms with Gasteiger partial charge in [0.15, 0.2) is 0 Å². The second-order valence-corrected chi connectivity index (χ2v) is 5.52. The molecule has 1 heterocycles. The molecule has 88 valence electrons. The minimum Gasteiger partial charge on any atom is -0.392 e. The van der Waals surface area contributed by atoms with Crippen molar-refractivity contribution in [2.45, 2.75) is 17.3 Å². The number of hydrogen-bond acceptors (Lipinski definition) is 3. The third kappa shape index (κ3) is 3.84. The van der Waals surface area contributed by atoms with Gasteiger partial charge < -0.3 is 5.11 Å². The van der Waals surface area contributed by atoms with Gasteiger partial charge in [0.25, 0.3) is 0 Å². The van der Waals surface area contributed by atoms with Crippen molar-refractivity contribution in [3.63, 3.8) is 0 Å². The summed E-state index contributed by atoms with van der Waals surface area (Å²) < 4.78 is 0.999. The number of thioether (sulfide) groups is 1. The quantitative estimate of drug-likeness (QED) is 0.876. The summed E-state index contributed by atoms with van der Waals surface area (Å²) in [5.74, 6) is 0.853. The van der Waals surface area contributed by atoms with E-state index in [2.05, 4.69) is 20.9 Å². The molecule has 0 bridgehead atoms. The SMILES string of the molecule is OCc1ccc(SCc2ccc(Br)cn2)cc1. The Bertz CT molecular complexity index is 470. The lowest BCUT2D eigenvalue weighted by Crippen LogP contribution is -1.86. The Hall–Kier alpha value is -0.840. The zero-order valence-corrected chi connectivity index (χ0v) is 11.5. The summed E-state index contributed by atoms with van der Waals surface area (Å²) in [7, 11) is 0. The van der Waals surface area contributed by atoms with Crippen LogP contribution in [0.2, 0.25) is 0 Å². The van der Waals surface area contributed by atoms with Gasteiger partial charge in [0.05, 0.1) is 12.3 Å². The highest BCUT2D eigenvalue weighted by Crippen LogP contribution is 2.22. The minimum absolute atomic E-state index is 0.0964. The van der Waals surface area contributed by atoms with E-state index in [1.165, 1.54) is 4.90 Å². The predicted molar refractivity (Wildman–Crippen MR) is 73.9 cm³/mol. The van der Waals surface area contributed by atoms with E-state index in [1.54, 1.807) is 11.8 Å². The molecule has 0 atom stereocenters. The van der Waals surface area contributed by atoms with Crippen molar-refractivity contribution in [3.8, 4) is 0 Å². The number of aromatic nitrogens is 1. The van der Waals surface area contributed by atoms with Gasteiger partial charge >= 0.3 is 0 Å². The molecule has 2 nitrogen and oxygen atoms in total. The fraction of sp³-hybridized carbons (Fsp3) is 0.154. The number of pyridine rings is 1. The van der Waals surface area contributed by atoms with Gasteiger partial charge in [0, 0.05) is 21.3 Å². The van der Waals surface area contributed by atoms with E-state index >= 15 is 0 Å². The average Bonchev–Trinajstić information content (AvgIpc) is 2.39. The molecule has 2 rings (SSSR count). The molecule has 4 heteroatoms. The first-order valence-electron chi connectivity index (χ1n) is 5.21. The van der Waals surface area contributed by atoms with Gasteiger partial charge in [-0.25, -0.2) is 0 Å². The van der Waals surface area contributed by atoms with Crippen LogP contribution in [0.3, 0.4) is 0 Å². The zero-order valence-electron chi connectivity index (χ0n) is 9.14. The van der Waals surface area contributed by atoms with Crippen LogP contribution in [0.25, 0.3) is 0 Å². The molecular formula is C13H12BrNOS. The van der Waals surface area contributed by atoms with E-state index in [-0.39, 0.29) is 6.61 Å². The first-order chi connectivity index (χ1) is 8.28. The van der Waals surface area contributed by atoms with Crippen LogP contribution in [0.4, 0.5) is 0 Å². The Kier molecular flexibility index (Phi) is 4.59. The third-order valence-corrected chi connectivity index (χ3v) is 3.80. The Balaban J connectivity index is 1.95. The van der Waals surface area contributed by atoms with Crippen LogP contribution in [-0.2, 0) is 12.4 Å². The first-order valence-corrected chi connectivity index (χ1v) is 6.99. The highest BCUT2D eigenvalue weighted by molar-refractivity contribution is 9.10. The molecule has 0 aliphatic heterocycles. The van der Waals surface area contributed by atoms with Crippen molar-refractivity contribution in [1.82, 2.24) is 4.98 Å². The van der Waals surface area contributed by atoms with Gasteiger partial charge in [-0.15, -0.1) is 11.8 Å². The normalized spacial score (nSPS) is 10.5. The van der Waals surface area contributed by atoms with Crippen molar-refractivity contribution >= 4 is 27.7 Å². The van der Waals surface area contributed by atoms with Crippen LogP contribution >= 0.6 is 27.7 Å². The van der Waals surface area contributed by atoms with Crippen LogP contribution in [0.5, 0.6) is 0 Å². The number of aliphatic hydroxyl groups is 1. The number of halogens is 1. The fourth-order valence-electron chi connectivity index (χ4n) is 1.34. The summed E-state index contributed by atoms with van der Waals surface area (Å²) in [6.07, 6.45) is 1.81. The van der Waals surface area contributed by atoms with Gasteiger partial charge in [-0.2, -0.15) is 0 Å². The van der Waals surface area contributed by atoms with E-state index in [1.807, 2.05) is 42.6 Å². The summed E-state index contributed by atoms with van der Waals surface area (Å²) in [6.45, 7) is 0.0964. The summed E-state index contributed by atoms with van der Waals surface area (Å²) >= 11 is 5.10. The molecule has 17 heavy (non-hydrogen) atoms. The van der Waals surface area contributed by atoms with E-state index in [4.69, 9.17) is 5.11 Å². The van der Waals surface area contributed by atoms with Crippen LogP contribution in [-0.4, -0.2) is 10.1 Å². The van der Waals surface area contributed by atoms with Crippen LogP contribution < -0.4 is 0 Å². The second kappa shape index (κ2) is 6.19.